The van der Waals surface area contributed by atoms with Gasteiger partial charge >= 0.3 is 0 Å². The second-order valence-corrected chi connectivity index (χ2v) is 17.9. The van der Waals surface area contributed by atoms with Crippen molar-refractivity contribution < 1.29 is 9.47 Å². The first kappa shape index (κ1) is 45.3. The van der Waals surface area contributed by atoms with Gasteiger partial charge in [0.15, 0.2) is 57.9 Å². The van der Waals surface area contributed by atoms with Crippen LogP contribution in [0.3, 0.4) is 0 Å². The molecular formula is C66H44N8O2. The molecule has 10 heteroatoms. The van der Waals surface area contributed by atoms with E-state index in [1.165, 1.54) is 0 Å². The van der Waals surface area contributed by atoms with Crippen molar-refractivity contribution in [1.82, 2.24) is 29.9 Å². The van der Waals surface area contributed by atoms with E-state index in [-0.39, 0.29) is 0 Å². The summed E-state index contributed by atoms with van der Waals surface area (Å²) in [6.07, 6.45) is 0. The first-order valence-corrected chi connectivity index (χ1v) is 24.9. The monoisotopic (exact) mass is 980 g/mol. The van der Waals surface area contributed by atoms with Gasteiger partial charge in [-0.1, -0.05) is 170 Å². The number of benzene rings is 10. The maximum Gasteiger partial charge on any atom is 0.164 e. The Balaban J connectivity index is 0.000000146. The zero-order valence-corrected chi connectivity index (χ0v) is 40.8. The minimum absolute atomic E-state index is 0.632. The van der Waals surface area contributed by atoms with Crippen LogP contribution in [0.1, 0.15) is 0 Å². The third kappa shape index (κ3) is 9.03. The minimum atomic E-state index is 0.632. The van der Waals surface area contributed by atoms with E-state index in [1.807, 2.05) is 194 Å². The average Bonchev–Trinajstić information content (AvgIpc) is 3.51. The molecule has 0 unspecified atom stereocenters. The molecule has 12 aromatic rings. The summed E-state index contributed by atoms with van der Waals surface area (Å²) in [4.78, 5) is 33.5. The number of aromatic nitrogens is 6. The zero-order valence-electron chi connectivity index (χ0n) is 40.8. The summed E-state index contributed by atoms with van der Waals surface area (Å²) in [6.45, 7) is 0. The summed E-state index contributed by atoms with van der Waals surface area (Å²) in [5.74, 6) is 7.16. The van der Waals surface area contributed by atoms with Crippen LogP contribution in [-0.4, -0.2) is 29.9 Å². The Hall–Kier alpha value is -10.6. The van der Waals surface area contributed by atoms with Gasteiger partial charge in [-0.15, -0.1) is 0 Å². The molecule has 14 rings (SSSR count). The predicted molar refractivity (Wildman–Crippen MR) is 302 cm³/mol. The average molecular weight is 981 g/mol. The Kier molecular flexibility index (Phi) is 12.0. The van der Waals surface area contributed by atoms with E-state index < -0.39 is 0 Å². The minimum Gasteiger partial charge on any atom is -0.453 e. The Morgan fingerprint density at radius 3 is 0.632 bits per heavy atom. The number of para-hydroxylation sites is 8. The van der Waals surface area contributed by atoms with Gasteiger partial charge in [-0.05, 0) is 97.1 Å². The van der Waals surface area contributed by atoms with Crippen molar-refractivity contribution in [2.24, 2.45) is 0 Å². The van der Waals surface area contributed by atoms with Gasteiger partial charge in [0.1, 0.15) is 0 Å². The van der Waals surface area contributed by atoms with Crippen LogP contribution in [0.4, 0.5) is 34.1 Å². The van der Waals surface area contributed by atoms with Gasteiger partial charge in [-0.25, -0.2) is 29.9 Å². The summed E-state index contributed by atoms with van der Waals surface area (Å²) in [5, 5.41) is 0. The van der Waals surface area contributed by atoms with Gasteiger partial charge < -0.3 is 19.3 Å². The van der Waals surface area contributed by atoms with E-state index in [9.17, 15) is 0 Å². The van der Waals surface area contributed by atoms with Gasteiger partial charge in [0.25, 0.3) is 0 Å². The molecule has 10 aromatic carbocycles. The van der Waals surface area contributed by atoms with E-state index in [2.05, 4.69) is 82.6 Å². The highest BCUT2D eigenvalue weighted by Gasteiger charge is 2.27. The molecular weight excluding hydrogens is 937 g/mol. The molecule has 0 bridgehead atoms. The van der Waals surface area contributed by atoms with Crippen LogP contribution in [0.25, 0.3) is 68.3 Å². The van der Waals surface area contributed by atoms with Crippen LogP contribution in [0.15, 0.2) is 267 Å². The molecule has 0 amide bonds. The van der Waals surface area contributed by atoms with E-state index in [0.29, 0.717) is 34.9 Å². The van der Waals surface area contributed by atoms with Gasteiger partial charge in [0, 0.05) is 44.8 Å². The van der Waals surface area contributed by atoms with Crippen molar-refractivity contribution in [1.29, 1.82) is 0 Å². The number of hydrogen-bond donors (Lipinski definition) is 0. The lowest BCUT2D eigenvalue weighted by molar-refractivity contribution is 0.477. The molecule has 0 saturated carbocycles. The molecule has 0 spiro atoms. The van der Waals surface area contributed by atoms with Crippen LogP contribution in [0.5, 0.6) is 23.0 Å². The first-order chi connectivity index (χ1) is 37.7. The zero-order chi connectivity index (χ0) is 50.6. The molecule has 0 N–H and O–H groups in total. The molecule has 0 atom stereocenters. The van der Waals surface area contributed by atoms with E-state index in [0.717, 1.165) is 90.5 Å². The lowest BCUT2D eigenvalue weighted by Gasteiger charge is -2.32. The quantitative estimate of drug-likeness (QED) is 0.146. The van der Waals surface area contributed by atoms with Crippen molar-refractivity contribution in [3.8, 4) is 91.3 Å². The second kappa shape index (κ2) is 20.1. The Labute approximate surface area is 439 Å². The topological polar surface area (TPSA) is 102 Å². The van der Waals surface area contributed by atoms with Crippen LogP contribution >= 0.6 is 0 Å². The molecule has 0 radical (unpaired) electrons. The van der Waals surface area contributed by atoms with Crippen molar-refractivity contribution >= 4 is 34.1 Å². The highest BCUT2D eigenvalue weighted by atomic mass is 16.5. The molecule has 360 valence electrons. The fraction of sp³-hybridized carbons (Fsp3) is 0. The van der Waals surface area contributed by atoms with E-state index in [1.54, 1.807) is 0 Å². The highest BCUT2D eigenvalue weighted by molar-refractivity contribution is 5.88. The number of rotatable bonds is 8. The van der Waals surface area contributed by atoms with Crippen LogP contribution in [0.2, 0.25) is 0 Å². The number of fused-ring (bicyclic) bond motifs is 4. The van der Waals surface area contributed by atoms with Gasteiger partial charge in [-0.2, -0.15) is 0 Å². The molecule has 4 heterocycles. The van der Waals surface area contributed by atoms with Crippen LogP contribution in [-0.2, 0) is 0 Å². The number of ether oxygens (including phenoxy) is 2. The molecule has 76 heavy (non-hydrogen) atoms. The lowest BCUT2D eigenvalue weighted by Crippen LogP contribution is -2.15. The molecule has 2 aliphatic heterocycles. The standard InChI is InChI=1S/2C33H22N4O/c2*1-3-11-23(12-4-1)31-34-32(24-13-5-2-6-14-24)36-33(35-31)25-19-21-26(22-20-25)37-27-15-7-9-17-29(27)38-30-18-10-8-16-28(30)37/h2*1-22H. The van der Waals surface area contributed by atoms with E-state index in [4.69, 9.17) is 39.4 Å². The van der Waals surface area contributed by atoms with Gasteiger partial charge in [0.05, 0.1) is 22.7 Å². The Bertz CT molecular complexity index is 3530. The van der Waals surface area contributed by atoms with Crippen molar-refractivity contribution in [2.75, 3.05) is 9.80 Å². The largest absolute Gasteiger partial charge is 0.453 e. The van der Waals surface area contributed by atoms with Gasteiger partial charge in [0.2, 0.25) is 0 Å². The van der Waals surface area contributed by atoms with Crippen molar-refractivity contribution in [3.63, 3.8) is 0 Å². The Morgan fingerprint density at radius 1 is 0.197 bits per heavy atom. The second-order valence-electron chi connectivity index (χ2n) is 17.9. The molecule has 2 aromatic heterocycles. The summed E-state index contributed by atoms with van der Waals surface area (Å²) in [5.41, 5.74) is 11.7. The molecule has 0 fully saturated rings. The van der Waals surface area contributed by atoms with Crippen molar-refractivity contribution in [2.45, 2.75) is 0 Å². The normalized spacial score (nSPS) is 11.8. The highest BCUT2D eigenvalue weighted by Crippen LogP contribution is 2.51. The smallest absolute Gasteiger partial charge is 0.164 e. The number of anilines is 6. The van der Waals surface area contributed by atoms with Gasteiger partial charge in [-0.3, -0.25) is 0 Å². The maximum absolute atomic E-state index is 6.16. The summed E-state index contributed by atoms with van der Waals surface area (Å²) in [6, 6.07) is 89.0. The molecule has 0 aliphatic carbocycles. The van der Waals surface area contributed by atoms with Crippen molar-refractivity contribution in [3.05, 3.63) is 267 Å². The summed E-state index contributed by atoms with van der Waals surface area (Å²) >= 11 is 0. The van der Waals surface area contributed by atoms with Crippen LogP contribution in [0, 0.1) is 0 Å². The predicted octanol–water partition coefficient (Wildman–Crippen LogP) is 16.9. The molecule has 2 aliphatic rings. The molecule has 10 nitrogen and oxygen atoms in total. The maximum atomic E-state index is 6.16. The fourth-order valence-corrected chi connectivity index (χ4v) is 9.36. The van der Waals surface area contributed by atoms with E-state index >= 15 is 0 Å². The van der Waals surface area contributed by atoms with Crippen LogP contribution < -0.4 is 19.3 Å². The lowest BCUT2D eigenvalue weighted by atomic mass is 10.1. The number of hydrogen-bond acceptors (Lipinski definition) is 10. The summed E-state index contributed by atoms with van der Waals surface area (Å²) < 4.78 is 12.3. The number of nitrogens with zero attached hydrogens (tertiary/aromatic N) is 8. The third-order valence-electron chi connectivity index (χ3n) is 13.0. The SMILES string of the molecule is c1ccc(-c2nc(-c3ccccc3)nc(-c3ccc(N4c5ccccc5Oc5ccccc54)cc3)n2)cc1.c1ccc(-c2nc(-c3ccccc3)nc(-c3ccc(N4c5ccccc5Oc5ccccc54)cc3)n2)cc1. The Morgan fingerprint density at radius 2 is 0.395 bits per heavy atom. The first-order valence-electron chi connectivity index (χ1n) is 24.9. The summed E-state index contributed by atoms with van der Waals surface area (Å²) in [7, 11) is 0. The fourth-order valence-electron chi connectivity index (χ4n) is 9.36. The molecule has 0 saturated heterocycles. The third-order valence-corrected chi connectivity index (χ3v) is 13.0.